The number of rotatable bonds is 5. The first kappa shape index (κ1) is 14.5. The van der Waals surface area contributed by atoms with Gasteiger partial charge in [-0.3, -0.25) is 4.90 Å². The van der Waals surface area contributed by atoms with Crippen molar-refractivity contribution in [3.63, 3.8) is 0 Å². The summed E-state index contributed by atoms with van der Waals surface area (Å²) in [7, 11) is 0. The molecule has 0 amide bonds. The highest BCUT2D eigenvalue weighted by atomic mass is 15.3. The van der Waals surface area contributed by atoms with E-state index < -0.39 is 0 Å². The Morgan fingerprint density at radius 1 is 1.47 bits per heavy atom. The molecule has 0 bridgehead atoms. The summed E-state index contributed by atoms with van der Waals surface area (Å²) < 4.78 is 2.00. The Morgan fingerprint density at radius 2 is 2.32 bits per heavy atom. The standard InChI is InChI=1S/C14H27N5/c1-4-19-14(16-11-17-19)10-18-7-5-6-15-13(9-18)8-12(2)3/h11-13,15H,4-10H2,1-3H3. The van der Waals surface area contributed by atoms with Gasteiger partial charge in [-0.05, 0) is 38.8 Å². The normalized spacial score (nSPS) is 21.8. The smallest absolute Gasteiger partial charge is 0.140 e. The number of hydrogen-bond acceptors (Lipinski definition) is 4. The lowest BCUT2D eigenvalue weighted by Gasteiger charge is -2.25. The van der Waals surface area contributed by atoms with Crippen molar-refractivity contribution in [1.29, 1.82) is 0 Å². The third-order valence-electron chi connectivity index (χ3n) is 3.68. The Hall–Kier alpha value is -0.940. The molecule has 1 N–H and O–H groups in total. The summed E-state index contributed by atoms with van der Waals surface area (Å²) in [6, 6.07) is 0.612. The number of nitrogens with one attached hydrogen (secondary N) is 1. The van der Waals surface area contributed by atoms with Gasteiger partial charge < -0.3 is 5.32 Å². The lowest BCUT2D eigenvalue weighted by atomic mass is 10.0. The van der Waals surface area contributed by atoms with Crippen molar-refractivity contribution in [3.05, 3.63) is 12.2 Å². The number of aryl methyl sites for hydroxylation is 1. The van der Waals surface area contributed by atoms with Gasteiger partial charge in [0.15, 0.2) is 0 Å². The molecule has 1 aromatic rings. The topological polar surface area (TPSA) is 46.0 Å². The molecule has 1 unspecified atom stereocenters. The molecule has 108 valence electrons. The van der Waals surface area contributed by atoms with Crippen LogP contribution < -0.4 is 5.32 Å². The molecule has 1 fully saturated rings. The summed E-state index contributed by atoms with van der Waals surface area (Å²) in [5.41, 5.74) is 0. The monoisotopic (exact) mass is 265 g/mol. The largest absolute Gasteiger partial charge is 0.313 e. The molecule has 1 atom stereocenters. The molecule has 0 spiro atoms. The van der Waals surface area contributed by atoms with Gasteiger partial charge in [0, 0.05) is 19.1 Å². The number of hydrogen-bond donors (Lipinski definition) is 1. The minimum absolute atomic E-state index is 0.612. The van der Waals surface area contributed by atoms with E-state index in [1.54, 1.807) is 6.33 Å². The average molecular weight is 265 g/mol. The van der Waals surface area contributed by atoms with E-state index in [4.69, 9.17) is 0 Å². The van der Waals surface area contributed by atoms with E-state index in [9.17, 15) is 0 Å². The van der Waals surface area contributed by atoms with Crippen LogP contribution in [0, 0.1) is 5.92 Å². The van der Waals surface area contributed by atoms with Crippen LogP contribution in [0.25, 0.3) is 0 Å². The minimum atomic E-state index is 0.612. The summed E-state index contributed by atoms with van der Waals surface area (Å²) in [6.07, 6.45) is 4.13. The summed E-state index contributed by atoms with van der Waals surface area (Å²) in [4.78, 5) is 6.90. The van der Waals surface area contributed by atoms with Crippen molar-refractivity contribution in [3.8, 4) is 0 Å². The van der Waals surface area contributed by atoms with Gasteiger partial charge in [-0.25, -0.2) is 9.67 Å². The van der Waals surface area contributed by atoms with Gasteiger partial charge in [0.1, 0.15) is 12.2 Å². The fourth-order valence-corrected chi connectivity index (χ4v) is 2.82. The summed E-state index contributed by atoms with van der Waals surface area (Å²) in [5.74, 6) is 1.84. The summed E-state index contributed by atoms with van der Waals surface area (Å²) in [6.45, 7) is 11.9. The maximum Gasteiger partial charge on any atom is 0.140 e. The van der Waals surface area contributed by atoms with Crippen molar-refractivity contribution in [2.24, 2.45) is 5.92 Å². The molecule has 1 saturated heterocycles. The third-order valence-corrected chi connectivity index (χ3v) is 3.68. The van der Waals surface area contributed by atoms with Gasteiger partial charge in [-0.1, -0.05) is 13.8 Å². The summed E-state index contributed by atoms with van der Waals surface area (Å²) >= 11 is 0. The predicted octanol–water partition coefficient (Wildman–Crippen LogP) is 1.51. The van der Waals surface area contributed by atoms with Crippen LogP contribution >= 0.6 is 0 Å². The van der Waals surface area contributed by atoms with Crippen molar-refractivity contribution in [2.45, 2.75) is 52.7 Å². The average Bonchev–Trinajstić information content (AvgIpc) is 2.69. The fraction of sp³-hybridized carbons (Fsp3) is 0.857. The molecular formula is C14H27N5. The van der Waals surface area contributed by atoms with Gasteiger partial charge in [0.25, 0.3) is 0 Å². The van der Waals surface area contributed by atoms with Crippen LogP contribution in [-0.4, -0.2) is 45.3 Å². The quantitative estimate of drug-likeness (QED) is 0.876. The molecule has 2 rings (SSSR count). The number of aromatic nitrogens is 3. The van der Waals surface area contributed by atoms with Crippen LogP contribution in [-0.2, 0) is 13.1 Å². The van der Waals surface area contributed by atoms with Crippen LogP contribution in [0.2, 0.25) is 0 Å². The second kappa shape index (κ2) is 7.01. The van der Waals surface area contributed by atoms with Gasteiger partial charge in [-0.15, -0.1) is 0 Å². The molecule has 1 aliphatic heterocycles. The fourth-order valence-electron chi connectivity index (χ4n) is 2.82. The molecule has 1 aromatic heterocycles. The lowest BCUT2D eigenvalue weighted by molar-refractivity contribution is 0.238. The highest BCUT2D eigenvalue weighted by Gasteiger charge is 2.19. The Labute approximate surface area is 116 Å². The first-order valence-electron chi connectivity index (χ1n) is 7.51. The van der Waals surface area contributed by atoms with Crippen LogP contribution in [0.3, 0.4) is 0 Å². The highest BCUT2D eigenvalue weighted by Crippen LogP contribution is 2.11. The van der Waals surface area contributed by atoms with Crippen molar-refractivity contribution >= 4 is 0 Å². The maximum absolute atomic E-state index is 4.39. The number of nitrogens with zero attached hydrogens (tertiary/aromatic N) is 4. The van der Waals surface area contributed by atoms with Gasteiger partial charge in [0.05, 0.1) is 6.54 Å². The van der Waals surface area contributed by atoms with E-state index in [1.807, 2.05) is 4.68 Å². The molecular weight excluding hydrogens is 238 g/mol. The highest BCUT2D eigenvalue weighted by molar-refractivity contribution is 4.87. The zero-order valence-corrected chi connectivity index (χ0v) is 12.5. The van der Waals surface area contributed by atoms with Gasteiger partial charge in [-0.2, -0.15) is 5.10 Å². The molecule has 19 heavy (non-hydrogen) atoms. The van der Waals surface area contributed by atoms with E-state index in [-0.39, 0.29) is 0 Å². The second-order valence-electron chi connectivity index (χ2n) is 5.86. The predicted molar refractivity (Wildman–Crippen MR) is 76.8 cm³/mol. The molecule has 2 heterocycles. The van der Waals surface area contributed by atoms with Crippen LogP contribution in [0.4, 0.5) is 0 Å². The Bertz CT molecular complexity index is 374. The summed E-state index contributed by atoms with van der Waals surface area (Å²) in [5, 5.41) is 7.92. The maximum atomic E-state index is 4.39. The SMILES string of the molecule is CCn1ncnc1CN1CCCNC(CC(C)C)C1. The van der Waals surface area contributed by atoms with Gasteiger partial charge >= 0.3 is 0 Å². The van der Waals surface area contributed by atoms with Crippen LogP contribution in [0.1, 0.15) is 39.4 Å². The Kier molecular flexibility index (Phi) is 5.34. The zero-order valence-electron chi connectivity index (χ0n) is 12.5. The Balaban J connectivity index is 1.94. The molecule has 5 heteroatoms. The first-order chi connectivity index (χ1) is 9.19. The van der Waals surface area contributed by atoms with Crippen LogP contribution in [0.5, 0.6) is 0 Å². The molecule has 0 radical (unpaired) electrons. The third kappa shape index (κ3) is 4.28. The molecule has 0 saturated carbocycles. The Morgan fingerprint density at radius 3 is 3.05 bits per heavy atom. The first-order valence-corrected chi connectivity index (χ1v) is 7.51. The molecule has 0 aliphatic carbocycles. The molecule has 5 nitrogen and oxygen atoms in total. The van der Waals surface area contributed by atoms with E-state index in [2.05, 4.69) is 41.1 Å². The van der Waals surface area contributed by atoms with E-state index in [0.717, 1.165) is 44.5 Å². The van der Waals surface area contributed by atoms with Crippen molar-refractivity contribution in [2.75, 3.05) is 19.6 Å². The second-order valence-corrected chi connectivity index (χ2v) is 5.86. The lowest BCUT2D eigenvalue weighted by Crippen LogP contribution is -2.38. The minimum Gasteiger partial charge on any atom is -0.313 e. The molecule has 1 aliphatic rings. The molecule has 0 aromatic carbocycles. The zero-order chi connectivity index (χ0) is 13.7. The van der Waals surface area contributed by atoms with E-state index >= 15 is 0 Å². The van der Waals surface area contributed by atoms with Crippen LogP contribution in [0.15, 0.2) is 6.33 Å². The van der Waals surface area contributed by atoms with E-state index in [0.29, 0.717) is 6.04 Å². The van der Waals surface area contributed by atoms with Crippen molar-refractivity contribution in [1.82, 2.24) is 25.0 Å². The van der Waals surface area contributed by atoms with Crippen molar-refractivity contribution < 1.29 is 0 Å². The van der Waals surface area contributed by atoms with E-state index in [1.165, 1.54) is 12.8 Å². The van der Waals surface area contributed by atoms with Gasteiger partial charge in [0.2, 0.25) is 0 Å².